The van der Waals surface area contributed by atoms with Gasteiger partial charge >= 0.3 is 6.09 Å². The molecule has 2 amide bonds. The van der Waals surface area contributed by atoms with E-state index in [-0.39, 0.29) is 25.0 Å². The summed E-state index contributed by atoms with van der Waals surface area (Å²) in [5.74, 6) is -0.0511. The molecule has 1 aliphatic heterocycles. The molecule has 0 spiro atoms. The van der Waals surface area contributed by atoms with Gasteiger partial charge in [-0.05, 0) is 38.0 Å². The van der Waals surface area contributed by atoms with Gasteiger partial charge in [-0.15, -0.1) is 0 Å². The van der Waals surface area contributed by atoms with E-state index in [1.807, 2.05) is 6.92 Å². The number of hydrogen-bond donors (Lipinski definition) is 0. The van der Waals surface area contributed by atoms with E-state index in [1.165, 1.54) is 4.31 Å². The van der Waals surface area contributed by atoms with Crippen LogP contribution in [0.4, 0.5) is 10.5 Å². The van der Waals surface area contributed by atoms with Crippen LogP contribution in [0.5, 0.6) is 0 Å². The largest absolute Gasteiger partial charge is 0.450 e. The number of hydrogen-bond acceptors (Lipinski definition) is 5. The minimum atomic E-state index is -3.51. The smallest absolute Gasteiger partial charge is 0.409 e. The molecule has 0 unspecified atom stereocenters. The first-order valence-electron chi connectivity index (χ1n) is 9.56. The summed E-state index contributed by atoms with van der Waals surface area (Å²) in [6.07, 6.45) is 1.39. The van der Waals surface area contributed by atoms with Crippen LogP contribution in [-0.4, -0.2) is 75.8 Å². The van der Waals surface area contributed by atoms with Gasteiger partial charge in [-0.25, -0.2) is 13.2 Å². The summed E-state index contributed by atoms with van der Waals surface area (Å²) in [5.41, 5.74) is 1.32. The van der Waals surface area contributed by atoms with E-state index in [2.05, 4.69) is 0 Å². The first-order valence-corrected chi connectivity index (χ1v) is 11.8. The maximum absolute atomic E-state index is 12.5. The normalized spacial score (nSPS) is 14.6. The molecule has 2 rings (SSSR count). The lowest BCUT2D eigenvalue weighted by molar-refractivity contribution is -0.132. The monoisotopic (exact) mass is 445 g/mol. The van der Waals surface area contributed by atoms with Crippen LogP contribution in [0.25, 0.3) is 0 Å². The van der Waals surface area contributed by atoms with Crippen molar-refractivity contribution in [1.29, 1.82) is 0 Å². The van der Waals surface area contributed by atoms with Crippen molar-refractivity contribution < 1.29 is 22.7 Å². The molecule has 1 aliphatic rings. The summed E-state index contributed by atoms with van der Waals surface area (Å²) in [6.45, 7) is 5.83. The van der Waals surface area contributed by atoms with Crippen molar-refractivity contribution in [3.05, 3.63) is 28.8 Å². The fourth-order valence-corrected chi connectivity index (χ4v) is 4.38. The molecule has 1 fully saturated rings. The second-order valence-electron chi connectivity index (χ2n) is 6.94. The lowest BCUT2D eigenvalue weighted by Gasteiger charge is -2.34. The van der Waals surface area contributed by atoms with Gasteiger partial charge in [-0.1, -0.05) is 17.7 Å². The Bertz CT molecular complexity index is 838. The van der Waals surface area contributed by atoms with Crippen LogP contribution in [0.1, 0.15) is 25.3 Å². The molecule has 1 aromatic rings. The van der Waals surface area contributed by atoms with Gasteiger partial charge in [0.1, 0.15) is 0 Å². The summed E-state index contributed by atoms with van der Waals surface area (Å²) in [6, 6.07) is 5.10. The lowest BCUT2D eigenvalue weighted by Crippen LogP contribution is -2.50. The van der Waals surface area contributed by atoms with Crippen molar-refractivity contribution in [3.63, 3.8) is 0 Å². The number of benzene rings is 1. The van der Waals surface area contributed by atoms with E-state index in [0.717, 1.165) is 11.8 Å². The van der Waals surface area contributed by atoms with Crippen molar-refractivity contribution in [2.45, 2.75) is 26.7 Å². The molecule has 1 saturated heterocycles. The fourth-order valence-electron chi connectivity index (χ4n) is 3.20. The van der Waals surface area contributed by atoms with Gasteiger partial charge in [0, 0.05) is 44.2 Å². The second-order valence-corrected chi connectivity index (χ2v) is 9.28. The minimum Gasteiger partial charge on any atom is -0.450 e. The number of sulfonamides is 1. The number of aryl methyl sites for hydroxylation is 1. The van der Waals surface area contributed by atoms with Crippen molar-refractivity contribution in [2.24, 2.45) is 0 Å². The zero-order chi connectivity index (χ0) is 21.6. The van der Waals surface area contributed by atoms with Gasteiger partial charge < -0.3 is 14.5 Å². The Hall–Kier alpha value is -2.00. The number of halogens is 1. The maximum Gasteiger partial charge on any atom is 0.409 e. The molecule has 29 heavy (non-hydrogen) atoms. The van der Waals surface area contributed by atoms with Gasteiger partial charge in [0.05, 0.1) is 18.6 Å². The SMILES string of the molecule is CCOC(=O)N1CCN(C(=O)CCCN(c2cc(Cl)ccc2C)S(C)(=O)=O)CC1. The summed E-state index contributed by atoms with van der Waals surface area (Å²) >= 11 is 6.03. The standard InChI is InChI=1S/C19H28ClN3O5S/c1-4-28-19(25)22-12-10-21(11-13-22)18(24)6-5-9-23(29(3,26)27)17-14-16(20)8-7-15(17)2/h7-8,14H,4-6,9-13H2,1-3H3. The van der Waals surface area contributed by atoms with Crippen LogP contribution >= 0.6 is 11.6 Å². The van der Waals surface area contributed by atoms with E-state index in [9.17, 15) is 18.0 Å². The second kappa shape index (κ2) is 10.2. The first-order chi connectivity index (χ1) is 13.6. The topological polar surface area (TPSA) is 87.2 Å². The molecule has 1 heterocycles. The number of ether oxygens (including phenoxy) is 1. The van der Waals surface area contributed by atoms with Crippen LogP contribution in [0.15, 0.2) is 18.2 Å². The Morgan fingerprint density at radius 1 is 1.17 bits per heavy atom. The molecule has 1 aromatic carbocycles. The Morgan fingerprint density at radius 3 is 2.38 bits per heavy atom. The Balaban J connectivity index is 1.91. The molecule has 0 N–H and O–H groups in total. The molecule has 0 aromatic heterocycles. The number of carbonyl (C=O) groups excluding carboxylic acids is 2. The summed E-state index contributed by atoms with van der Waals surface area (Å²) < 4.78 is 30.8. The number of carbonyl (C=O) groups is 2. The predicted octanol–water partition coefficient (Wildman–Crippen LogP) is 2.50. The quantitative estimate of drug-likeness (QED) is 0.643. The third-order valence-electron chi connectivity index (χ3n) is 4.75. The van der Waals surface area contributed by atoms with Crippen LogP contribution in [0.3, 0.4) is 0 Å². The van der Waals surface area contributed by atoms with Gasteiger partial charge in [0.25, 0.3) is 0 Å². The number of piperazine rings is 1. The minimum absolute atomic E-state index is 0.0511. The molecule has 10 heteroatoms. The number of nitrogens with zero attached hydrogens (tertiary/aromatic N) is 3. The molecular formula is C19H28ClN3O5S. The van der Waals surface area contributed by atoms with Crippen molar-refractivity contribution in [1.82, 2.24) is 9.80 Å². The van der Waals surface area contributed by atoms with E-state index >= 15 is 0 Å². The average Bonchev–Trinajstić information content (AvgIpc) is 2.66. The lowest BCUT2D eigenvalue weighted by atomic mass is 10.2. The van der Waals surface area contributed by atoms with E-state index < -0.39 is 10.0 Å². The zero-order valence-electron chi connectivity index (χ0n) is 17.1. The van der Waals surface area contributed by atoms with Crippen molar-refractivity contribution >= 4 is 39.3 Å². The molecule has 162 valence electrons. The highest BCUT2D eigenvalue weighted by atomic mass is 35.5. The van der Waals surface area contributed by atoms with Crippen molar-refractivity contribution in [3.8, 4) is 0 Å². The van der Waals surface area contributed by atoms with E-state index in [1.54, 1.807) is 34.9 Å². The third-order valence-corrected chi connectivity index (χ3v) is 6.17. The van der Waals surface area contributed by atoms with E-state index in [4.69, 9.17) is 16.3 Å². The summed E-state index contributed by atoms with van der Waals surface area (Å²) in [7, 11) is -3.51. The third kappa shape index (κ3) is 6.50. The molecular weight excluding hydrogens is 418 g/mol. The van der Waals surface area contributed by atoms with Gasteiger partial charge in [-0.3, -0.25) is 9.10 Å². The molecule has 0 atom stereocenters. The van der Waals surface area contributed by atoms with Crippen LogP contribution in [0.2, 0.25) is 5.02 Å². The summed E-state index contributed by atoms with van der Waals surface area (Å²) in [5, 5.41) is 0.454. The number of rotatable bonds is 7. The Labute approximate surface area is 177 Å². The van der Waals surface area contributed by atoms with Gasteiger partial charge in [-0.2, -0.15) is 0 Å². The summed E-state index contributed by atoms with van der Waals surface area (Å²) in [4.78, 5) is 27.5. The Kier molecular flexibility index (Phi) is 8.15. The van der Waals surface area contributed by atoms with Crippen molar-refractivity contribution in [2.75, 3.05) is 49.9 Å². The predicted molar refractivity (Wildman–Crippen MR) is 113 cm³/mol. The molecule has 8 nitrogen and oxygen atoms in total. The first kappa shape index (κ1) is 23.3. The zero-order valence-corrected chi connectivity index (χ0v) is 18.6. The molecule has 0 radical (unpaired) electrons. The van der Waals surface area contributed by atoms with Crippen LogP contribution in [0, 0.1) is 6.92 Å². The highest BCUT2D eigenvalue weighted by Crippen LogP contribution is 2.26. The van der Waals surface area contributed by atoms with E-state index in [0.29, 0.717) is 49.9 Å². The highest BCUT2D eigenvalue weighted by Gasteiger charge is 2.25. The van der Waals surface area contributed by atoms with Crippen LogP contribution in [-0.2, 0) is 19.6 Å². The number of amides is 2. The fraction of sp³-hybridized carbons (Fsp3) is 0.579. The molecule has 0 bridgehead atoms. The van der Waals surface area contributed by atoms with Crippen LogP contribution < -0.4 is 4.31 Å². The number of anilines is 1. The maximum atomic E-state index is 12.5. The van der Waals surface area contributed by atoms with Gasteiger partial charge in [0.2, 0.25) is 15.9 Å². The Morgan fingerprint density at radius 2 is 1.79 bits per heavy atom. The van der Waals surface area contributed by atoms with Gasteiger partial charge in [0.15, 0.2) is 0 Å². The molecule has 0 saturated carbocycles. The molecule has 0 aliphatic carbocycles. The average molecular weight is 446 g/mol. The highest BCUT2D eigenvalue weighted by molar-refractivity contribution is 7.92.